The molecule has 1 aliphatic heterocycles. The number of nitrogens with zero attached hydrogens (tertiary/aromatic N) is 5. The third-order valence-corrected chi connectivity index (χ3v) is 4.00. The van der Waals surface area contributed by atoms with E-state index in [1.807, 2.05) is 25.1 Å². The van der Waals surface area contributed by atoms with Crippen LogP contribution >= 0.6 is 0 Å². The van der Waals surface area contributed by atoms with E-state index in [1.165, 1.54) is 7.11 Å². The van der Waals surface area contributed by atoms with Gasteiger partial charge in [0, 0.05) is 39.3 Å². The van der Waals surface area contributed by atoms with Gasteiger partial charge in [0.25, 0.3) is 5.91 Å². The highest BCUT2D eigenvalue weighted by atomic mass is 16.5. The summed E-state index contributed by atoms with van der Waals surface area (Å²) in [6.45, 7) is 1.11. The molecule has 2 aromatic rings. The fraction of sp³-hybridized carbons (Fsp3) is 0.412. The van der Waals surface area contributed by atoms with Gasteiger partial charge in [0.15, 0.2) is 5.82 Å². The predicted molar refractivity (Wildman–Crippen MR) is 92.1 cm³/mol. The van der Waals surface area contributed by atoms with Gasteiger partial charge in [0.05, 0.1) is 13.7 Å². The van der Waals surface area contributed by atoms with Crippen LogP contribution in [0.1, 0.15) is 16.8 Å². The molecule has 132 valence electrons. The van der Waals surface area contributed by atoms with E-state index >= 15 is 0 Å². The van der Waals surface area contributed by atoms with Gasteiger partial charge in [-0.15, -0.1) is 10.2 Å². The van der Waals surface area contributed by atoms with Crippen molar-refractivity contribution in [2.75, 3.05) is 39.2 Å². The Kier molecular flexibility index (Phi) is 4.97. The van der Waals surface area contributed by atoms with Crippen LogP contribution in [-0.4, -0.2) is 66.4 Å². The molecule has 0 unspecified atom stereocenters. The summed E-state index contributed by atoms with van der Waals surface area (Å²) in [5, 5.41) is 8.16. The van der Waals surface area contributed by atoms with E-state index in [1.54, 1.807) is 29.3 Å². The Labute approximate surface area is 146 Å². The minimum Gasteiger partial charge on any atom is -0.480 e. The molecule has 25 heavy (non-hydrogen) atoms. The largest absolute Gasteiger partial charge is 0.480 e. The summed E-state index contributed by atoms with van der Waals surface area (Å²) < 4.78 is 11.0. The van der Waals surface area contributed by atoms with Crippen molar-refractivity contribution >= 4 is 11.7 Å². The Balaban J connectivity index is 1.62. The number of pyridine rings is 1. The zero-order chi connectivity index (χ0) is 17.8. The minimum atomic E-state index is -0.106. The molecule has 0 radical (unpaired) electrons. The van der Waals surface area contributed by atoms with E-state index in [0.717, 1.165) is 12.2 Å². The molecule has 2 aromatic heterocycles. The van der Waals surface area contributed by atoms with E-state index in [9.17, 15) is 4.79 Å². The summed E-state index contributed by atoms with van der Waals surface area (Å²) in [5.41, 5.74) is 0.459. The van der Waals surface area contributed by atoms with Crippen molar-refractivity contribution in [2.24, 2.45) is 0 Å². The molecular weight excluding hydrogens is 322 g/mol. The first-order chi connectivity index (χ1) is 12.1. The molecule has 3 heterocycles. The predicted octanol–water partition coefficient (Wildman–Crippen LogP) is 1.24. The van der Waals surface area contributed by atoms with Crippen molar-refractivity contribution in [1.82, 2.24) is 20.1 Å². The van der Waals surface area contributed by atoms with Crippen molar-refractivity contribution in [2.45, 2.75) is 12.5 Å². The smallest absolute Gasteiger partial charge is 0.259 e. The van der Waals surface area contributed by atoms with Crippen LogP contribution in [0, 0.1) is 0 Å². The molecule has 0 aliphatic carbocycles. The lowest BCUT2D eigenvalue weighted by molar-refractivity contribution is 0.0766. The molecular formula is C17H21N5O3. The Morgan fingerprint density at radius 1 is 1.28 bits per heavy atom. The average molecular weight is 343 g/mol. The van der Waals surface area contributed by atoms with Gasteiger partial charge < -0.3 is 19.3 Å². The van der Waals surface area contributed by atoms with Gasteiger partial charge in [-0.25, -0.2) is 4.98 Å². The highest BCUT2D eigenvalue weighted by molar-refractivity contribution is 5.96. The number of aromatic nitrogens is 3. The van der Waals surface area contributed by atoms with Gasteiger partial charge in [-0.1, -0.05) is 0 Å². The van der Waals surface area contributed by atoms with Gasteiger partial charge in [-0.3, -0.25) is 4.79 Å². The van der Waals surface area contributed by atoms with Gasteiger partial charge in [-0.05, 0) is 18.2 Å². The number of ether oxygens (including phenoxy) is 2. The van der Waals surface area contributed by atoms with Crippen molar-refractivity contribution in [3.63, 3.8) is 0 Å². The summed E-state index contributed by atoms with van der Waals surface area (Å²) in [4.78, 5) is 20.3. The van der Waals surface area contributed by atoms with Crippen molar-refractivity contribution in [3.05, 3.63) is 36.0 Å². The third-order valence-electron chi connectivity index (χ3n) is 4.00. The zero-order valence-corrected chi connectivity index (χ0v) is 14.5. The van der Waals surface area contributed by atoms with Crippen LogP contribution in [-0.2, 0) is 0 Å². The van der Waals surface area contributed by atoms with Crippen LogP contribution in [0.4, 0.5) is 5.82 Å². The van der Waals surface area contributed by atoms with Crippen molar-refractivity contribution in [1.29, 1.82) is 0 Å². The van der Waals surface area contributed by atoms with Gasteiger partial charge in [0.1, 0.15) is 11.7 Å². The monoisotopic (exact) mass is 343 g/mol. The Hall–Kier alpha value is -2.90. The third kappa shape index (κ3) is 3.78. The van der Waals surface area contributed by atoms with Crippen LogP contribution in [0.2, 0.25) is 0 Å². The fourth-order valence-corrected chi connectivity index (χ4v) is 2.68. The first-order valence-corrected chi connectivity index (χ1v) is 8.04. The zero-order valence-electron chi connectivity index (χ0n) is 14.5. The molecule has 1 aliphatic rings. The number of amides is 1. The lowest BCUT2D eigenvalue weighted by Crippen LogP contribution is -2.31. The first-order valence-electron chi connectivity index (χ1n) is 8.04. The Morgan fingerprint density at radius 2 is 2.12 bits per heavy atom. The number of hydrogen-bond donors (Lipinski definition) is 0. The van der Waals surface area contributed by atoms with Crippen molar-refractivity contribution in [3.8, 4) is 11.8 Å². The van der Waals surface area contributed by atoms with E-state index < -0.39 is 0 Å². The normalized spacial score (nSPS) is 16.6. The molecule has 0 saturated carbocycles. The fourth-order valence-electron chi connectivity index (χ4n) is 2.68. The van der Waals surface area contributed by atoms with Crippen molar-refractivity contribution < 1.29 is 14.3 Å². The topological polar surface area (TPSA) is 80.7 Å². The maximum Gasteiger partial charge on any atom is 0.259 e. The summed E-state index contributed by atoms with van der Waals surface area (Å²) in [6.07, 6.45) is 2.23. The lowest BCUT2D eigenvalue weighted by Gasteiger charge is -2.18. The van der Waals surface area contributed by atoms with E-state index in [0.29, 0.717) is 30.4 Å². The maximum absolute atomic E-state index is 12.7. The Bertz CT molecular complexity index is 735. The number of anilines is 1. The number of carbonyl (C=O) groups excluding carboxylic acids is 1. The molecule has 1 saturated heterocycles. The number of carbonyl (C=O) groups is 1. The molecule has 0 bridgehead atoms. The standard InChI is InChI=1S/C17H21N5O3/c1-21(2)14-6-7-15(20-19-14)25-12-8-10-22(11-12)17(23)13-5-4-9-18-16(13)24-3/h4-7,9,12H,8,10-11H2,1-3H3/t12-/m1/s1. The van der Waals surface area contributed by atoms with Crippen LogP contribution in [0.15, 0.2) is 30.5 Å². The summed E-state index contributed by atoms with van der Waals surface area (Å²) in [7, 11) is 5.31. The minimum absolute atomic E-state index is 0.105. The van der Waals surface area contributed by atoms with Gasteiger partial charge >= 0.3 is 0 Å². The number of hydrogen-bond acceptors (Lipinski definition) is 7. The van der Waals surface area contributed by atoms with E-state index in [4.69, 9.17) is 9.47 Å². The number of rotatable bonds is 5. The quantitative estimate of drug-likeness (QED) is 0.808. The molecule has 0 aromatic carbocycles. The van der Waals surface area contributed by atoms with Crippen LogP contribution in [0.5, 0.6) is 11.8 Å². The summed E-state index contributed by atoms with van der Waals surface area (Å²) in [5.74, 6) is 1.45. The molecule has 1 fully saturated rings. The Morgan fingerprint density at radius 3 is 2.80 bits per heavy atom. The summed E-state index contributed by atoms with van der Waals surface area (Å²) in [6, 6.07) is 7.08. The molecule has 1 atom stereocenters. The molecule has 8 heteroatoms. The molecule has 3 rings (SSSR count). The van der Waals surface area contributed by atoms with E-state index in [-0.39, 0.29) is 12.0 Å². The van der Waals surface area contributed by atoms with Crippen LogP contribution in [0.25, 0.3) is 0 Å². The van der Waals surface area contributed by atoms with E-state index in [2.05, 4.69) is 15.2 Å². The number of methoxy groups -OCH3 is 1. The van der Waals surface area contributed by atoms with Crippen LogP contribution < -0.4 is 14.4 Å². The second-order valence-corrected chi connectivity index (χ2v) is 5.96. The SMILES string of the molecule is COc1ncccc1C(=O)N1CC[C@@H](Oc2ccc(N(C)C)nn2)C1. The summed E-state index contributed by atoms with van der Waals surface area (Å²) >= 11 is 0. The van der Waals surface area contributed by atoms with Crippen LogP contribution in [0.3, 0.4) is 0 Å². The first kappa shape index (κ1) is 16.9. The number of likely N-dealkylation sites (tertiary alicyclic amines) is 1. The second-order valence-electron chi connectivity index (χ2n) is 5.96. The van der Waals surface area contributed by atoms with Gasteiger partial charge in [-0.2, -0.15) is 0 Å². The molecule has 0 spiro atoms. The molecule has 0 N–H and O–H groups in total. The lowest BCUT2D eigenvalue weighted by atomic mass is 10.2. The maximum atomic E-state index is 12.7. The van der Waals surface area contributed by atoms with Gasteiger partial charge in [0.2, 0.25) is 11.8 Å². The highest BCUT2D eigenvalue weighted by Gasteiger charge is 2.30. The second kappa shape index (κ2) is 7.33. The average Bonchev–Trinajstić information content (AvgIpc) is 3.10. The molecule has 1 amide bonds. The molecule has 8 nitrogen and oxygen atoms in total. The highest BCUT2D eigenvalue weighted by Crippen LogP contribution is 2.22.